The van der Waals surface area contributed by atoms with Crippen LogP contribution in [0.4, 0.5) is 0 Å². The molecule has 0 aromatic heterocycles. The first kappa shape index (κ1) is 49.7. The molecule has 1 saturated heterocycles. The molecule has 310 valence electrons. The standard InChI is InChI=1S/C43H81N2O7P/c1-6-8-10-11-12-13-14-15-16-19-22-25-29-32-40(46)39(38-51-53(48,49)50-37-36-45(3,4)5)44-43(47)35-31-27-24-21-18-17-20-23-26-30-34-42-41(52-42)33-28-9-7-2/h17,20-21,24,26,30,39-42,46H,6-16,18-19,22-23,25,27-29,31-38H2,1-5H3,(H-,44,47,48,49)/p+1/b20-17-,24-21-,30-26-/t39-,40+,41?,42?/m0/s1. The third-order valence-electron chi connectivity index (χ3n) is 9.82. The predicted molar refractivity (Wildman–Crippen MR) is 221 cm³/mol. The highest BCUT2D eigenvalue weighted by molar-refractivity contribution is 7.47. The van der Waals surface area contributed by atoms with Gasteiger partial charge in [0.25, 0.3) is 0 Å². The molecule has 3 N–H and O–H groups in total. The second-order valence-corrected chi connectivity index (χ2v) is 17.6. The number of likely N-dealkylation sites (N-methyl/N-ethyl adjacent to an activating group) is 1. The van der Waals surface area contributed by atoms with Crippen LogP contribution < -0.4 is 5.32 Å². The Morgan fingerprint density at radius 1 is 0.755 bits per heavy atom. The number of aliphatic hydroxyl groups is 1. The number of phosphoric acid groups is 1. The fourth-order valence-electron chi connectivity index (χ4n) is 6.25. The number of phosphoric ester groups is 1. The third-order valence-corrected chi connectivity index (χ3v) is 10.8. The molecule has 9 nitrogen and oxygen atoms in total. The molecule has 1 aliphatic rings. The summed E-state index contributed by atoms with van der Waals surface area (Å²) in [5, 5.41) is 13.9. The highest BCUT2D eigenvalue weighted by atomic mass is 31.2. The monoisotopic (exact) mass is 770 g/mol. The van der Waals surface area contributed by atoms with Crippen LogP contribution in [0.25, 0.3) is 0 Å². The van der Waals surface area contributed by atoms with Gasteiger partial charge < -0.3 is 24.5 Å². The largest absolute Gasteiger partial charge is 0.472 e. The molecule has 0 radical (unpaired) electrons. The first-order chi connectivity index (χ1) is 25.5. The molecule has 0 aromatic rings. The van der Waals surface area contributed by atoms with Crippen LogP contribution in [0.3, 0.4) is 0 Å². The Labute approximate surface area is 325 Å². The predicted octanol–water partition coefficient (Wildman–Crippen LogP) is 10.5. The van der Waals surface area contributed by atoms with Crippen LogP contribution in [0.5, 0.6) is 0 Å². The molecule has 0 spiro atoms. The van der Waals surface area contributed by atoms with Gasteiger partial charge in [0, 0.05) is 6.42 Å². The quantitative estimate of drug-likeness (QED) is 0.0189. The van der Waals surface area contributed by atoms with Crippen molar-refractivity contribution in [1.82, 2.24) is 5.32 Å². The third kappa shape index (κ3) is 31.6. The summed E-state index contributed by atoms with van der Waals surface area (Å²) in [6.07, 6.45) is 39.2. The van der Waals surface area contributed by atoms with E-state index in [-0.39, 0.29) is 19.1 Å². The van der Waals surface area contributed by atoms with Gasteiger partial charge in [-0.3, -0.25) is 13.8 Å². The number of carbonyl (C=O) groups is 1. The molecule has 1 rings (SSSR count). The van der Waals surface area contributed by atoms with Crippen molar-refractivity contribution in [1.29, 1.82) is 0 Å². The van der Waals surface area contributed by atoms with Crippen molar-refractivity contribution < 1.29 is 37.6 Å². The lowest BCUT2D eigenvalue weighted by Gasteiger charge is -2.26. The summed E-state index contributed by atoms with van der Waals surface area (Å²) >= 11 is 0. The van der Waals surface area contributed by atoms with E-state index in [0.29, 0.717) is 42.5 Å². The zero-order valence-corrected chi connectivity index (χ0v) is 35.6. The van der Waals surface area contributed by atoms with Crippen molar-refractivity contribution in [3.63, 3.8) is 0 Å². The number of nitrogens with zero attached hydrogens (tertiary/aromatic N) is 1. The molecule has 1 heterocycles. The fourth-order valence-corrected chi connectivity index (χ4v) is 6.98. The van der Waals surface area contributed by atoms with Gasteiger partial charge in [-0.2, -0.15) is 0 Å². The molecule has 5 atom stereocenters. The molecule has 1 amide bonds. The van der Waals surface area contributed by atoms with Gasteiger partial charge in [-0.25, -0.2) is 4.57 Å². The minimum absolute atomic E-state index is 0.0616. The molecule has 0 aliphatic carbocycles. The number of epoxide rings is 1. The zero-order valence-electron chi connectivity index (χ0n) is 34.7. The number of amides is 1. The minimum Gasteiger partial charge on any atom is -0.391 e. The molecule has 3 unspecified atom stereocenters. The summed E-state index contributed by atoms with van der Waals surface area (Å²) in [6.45, 7) is 4.79. The van der Waals surface area contributed by atoms with Crippen molar-refractivity contribution in [3.8, 4) is 0 Å². The second kappa shape index (κ2) is 31.8. The Morgan fingerprint density at radius 3 is 1.91 bits per heavy atom. The Hall–Kier alpha value is -1.32. The molecule has 0 bridgehead atoms. The average molecular weight is 770 g/mol. The molecule has 1 fully saturated rings. The van der Waals surface area contributed by atoms with E-state index in [1.54, 1.807) is 0 Å². The maximum absolute atomic E-state index is 12.8. The van der Waals surface area contributed by atoms with Crippen LogP contribution in [0, 0.1) is 0 Å². The van der Waals surface area contributed by atoms with E-state index < -0.39 is 20.0 Å². The van der Waals surface area contributed by atoms with Crippen LogP contribution in [0.1, 0.15) is 168 Å². The molecular formula is C43H82N2O7P+. The van der Waals surface area contributed by atoms with Gasteiger partial charge in [0.1, 0.15) is 13.2 Å². The number of hydrogen-bond acceptors (Lipinski definition) is 6. The number of unbranched alkanes of at least 4 members (excludes halogenated alkanes) is 15. The summed E-state index contributed by atoms with van der Waals surface area (Å²) < 4.78 is 29.3. The van der Waals surface area contributed by atoms with E-state index in [2.05, 4.69) is 55.6 Å². The lowest BCUT2D eigenvalue weighted by atomic mass is 10.0. The van der Waals surface area contributed by atoms with Gasteiger partial charge in [-0.15, -0.1) is 0 Å². The van der Waals surface area contributed by atoms with Crippen molar-refractivity contribution in [2.75, 3.05) is 40.9 Å². The SMILES string of the molecule is CCCCCCCCCCCCCCC[C@@H](O)[C@H](COP(=O)(O)OCC[N+](C)(C)C)NC(=O)CCC/C=C\C/C=C\C/C=C\CC1OC1CCCCC. The van der Waals surface area contributed by atoms with Gasteiger partial charge >= 0.3 is 7.82 Å². The van der Waals surface area contributed by atoms with E-state index in [9.17, 15) is 19.4 Å². The number of allylic oxidation sites excluding steroid dienone is 5. The maximum Gasteiger partial charge on any atom is 0.472 e. The van der Waals surface area contributed by atoms with E-state index in [1.807, 2.05) is 21.1 Å². The van der Waals surface area contributed by atoms with E-state index in [4.69, 9.17) is 13.8 Å². The highest BCUT2D eigenvalue weighted by Crippen LogP contribution is 2.43. The molecule has 1 aliphatic heterocycles. The van der Waals surface area contributed by atoms with Gasteiger partial charge in [0.15, 0.2) is 0 Å². The zero-order chi connectivity index (χ0) is 39.0. The Balaban J connectivity index is 2.35. The number of quaternary nitrogens is 1. The van der Waals surface area contributed by atoms with Crippen molar-refractivity contribution >= 4 is 13.7 Å². The number of nitrogens with one attached hydrogen (secondary N) is 1. The topological polar surface area (TPSA) is 118 Å². The van der Waals surface area contributed by atoms with Crippen molar-refractivity contribution in [3.05, 3.63) is 36.5 Å². The number of carbonyl (C=O) groups excluding carboxylic acids is 1. The van der Waals surface area contributed by atoms with Gasteiger partial charge in [0.2, 0.25) is 5.91 Å². The smallest absolute Gasteiger partial charge is 0.391 e. The van der Waals surface area contributed by atoms with Crippen LogP contribution >= 0.6 is 7.82 Å². The van der Waals surface area contributed by atoms with Crippen LogP contribution in [0.15, 0.2) is 36.5 Å². The summed E-state index contributed by atoms with van der Waals surface area (Å²) in [6, 6.07) is -0.791. The molecular weight excluding hydrogens is 687 g/mol. The Bertz CT molecular complexity index is 1030. The lowest BCUT2D eigenvalue weighted by Crippen LogP contribution is -2.46. The Kier molecular flexibility index (Phi) is 29.9. The molecule has 53 heavy (non-hydrogen) atoms. The van der Waals surface area contributed by atoms with Gasteiger partial charge in [-0.1, -0.05) is 153 Å². The van der Waals surface area contributed by atoms with E-state index in [1.165, 1.54) is 89.9 Å². The van der Waals surface area contributed by atoms with Gasteiger partial charge in [-0.05, 0) is 44.9 Å². The van der Waals surface area contributed by atoms with Crippen LogP contribution in [-0.2, 0) is 23.1 Å². The normalized spacial score (nSPS) is 18.6. The minimum atomic E-state index is -4.33. The number of aliphatic hydroxyl groups excluding tert-OH is 1. The lowest BCUT2D eigenvalue weighted by molar-refractivity contribution is -0.870. The van der Waals surface area contributed by atoms with Crippen molar-refractivity contribution in [2.24, 2.45) is 0 Å². The molecule has 0 saturated carbocycles. The first-order valence-corrected chi connectivity index (χ1v) is 23.0. The first-order valence-electron chi connectivity index (χ1n) is 21.5. The Morgan fingerprint density at radius 2 is 1.30 bits per heavy atom. The average Bonchev–Trinajstić information content (AvgIpc) is 3.86. The van der Waals surface area contributed by atoms with Crippen molar-refractivity contribution in [2.45, 2.75) is 192 Å². The van der Waals surface area contributed by atoms with E-state index in [0.717, 1.165) is 44.9 Å². The van der Waals surface area contributed by atoms with Crippen LogP contribution in [-0.4, -0.2) is 85.6 Å². The second-order valence-electron chi connectivity index (χ2n) is 16.1. The summed E-state index contributed by atoms with van der Waals surface area (Å²) in [7, 11) is 1.57. The van der Waals surface area contributed by atoms with E-state index >= 15 is 0 Å². The van der Waals surface area contributed by atoms with Crippen LogP contribution in [0.2, 0.25) is 0 Å². The molecule has 10 heteroatoms. The molecule has 0 aromatic carbocycles. The highest BCUT2D eigenvalue weighted by Gasteiger charge is 2.36. The summed E-state index contributed by atoms with van der Waals surface area (Å²) in [5.74, 6) is -0.203. The maximum atomic E-state index is 12.8. The fraction of sp³-hybridized carbons (Fsp3) is 0.837. The van der Waals surface area contributed by atoms with Gasteiger partial charge in [0.05, 0.1) is 52.1 Å². The summed E-state index contributed by atoms with van der Waals surface area (Å²) in [4.78, 5) is 23.1. The summed E-state index contributed by atoms with van der Waals surface area (Å²) in [5.41, 5.74) is 0. The number of rotatable bonds is 37. The number of hydrogen-bond donors (Lipinski definition) is 3. The number of ether oxygens (including phenoxy) is 1.